The fourth-order valence-corrected chi connectivity index (χ4v) is 5.13. The number of nitrogens with one attached hydrogen (secondary N) is 2. The van der Waals surface area contributed by atoms with E-state index in [1.54, 1.807) is 12.1 Å². The summed E-state index contributed by atoms with van der Waals surface area (Å²) in [6.07, 6.45) is -0.311. The van der Waals surface area contributed by atoms with Crippen LogP contribution in [0.3, 0.4) is 0 Å². The second-order valence-electron chi connectivity index (χ2n) is 7.75. The molecule has 0 fully saturated rings. The fraction of sp³-hybridized carbons (Fsp3) is 0.0833. The molecular formula is C24H18ClN3O6S. The van der Waals surface area contributed by atoms with Gasteiger partial charge in [0, 0.05) is 22.8 Å². The molecule has 4 aromatic rings. The van der Waals surface area contributed by atoms with Crippen molar-refractivity contribution in [3.63, 3.8) is 0 Å². The molecular weight excluding hydrogens is 494 g/mol. The highest BCUT2D eigenvalue weighted by atomic mass is 35.5. The molecule has 5 rings (SSSR count). The molecule has 0 unspecified atom stereocenters. The normalized spacial score (nSPS) is 13.1. The third kappa shape index (κ3) is 4.17. The van der Waals surface area contributed by atoms with E-state index in [1.165, 1.54) is 13.2 Å². The van der Waals surface area contributed by atoms with Crippen molar-refractivity contribution in [2.75, 3.05) is 17.7 Å². The highest BCUT2D eigenvalue weighted by Crippen LogP contribution is 2.40. The predicted octanol–water partition coefficient (Wildman–Crippen LogP) is 5.71. The van der Waals surface area contributed by atoms with Crippen LogP contribution in [0.1, 0.15) is 11.7 Å². The first-order valence-electron chi connectivity index (χ1n) is 10.4. The average molecular weight is 512 g/mol. The molecule has 0 aliphatic carbocycles. The first-order chi connectivity index (χ1) is 16.8. The molecule has 0 radical (unpaired) electrons. The summed E-state index contributed by atoms with van der Waals surface area (Å²) in [7, 11) is -3.00. The Balaban J connectivity index is 1.44. The maximum atomic E-state index is 12.8. The molecule has 0 saturated heterocycles. The predicted molar refractivity (Wildman–Crippen MR) is 133 cm³/mol. The second kappa shape index (κ2) is 8.64. The van der Waals surface area contributed by atoms with Gasteiger partial charge in [0.15, 0.2) is 11.5 Å². The van der Waals surface area contributed by atoms with Crippen LogP contribution in [0.5, 0.6) is 11.5 Å². The number of nitrogens with zero attached hydrogens (tertiary/aromatic N) is 1. The summed E-state index contributed by atoms with van der Waals surface area (Å²) in [6, 6.07) is 20.0. The lowest BCUT2D eigenvalue weighted by Crippen LogP contribution is -2.23. The van der Waals surface area contributed by atoms with Crippen LogP contribution in [-0.4, -0.2) is 20.5 Å². The van der Waals surface area contributed by atoms with E-state index in [0.717, 1.165) is 45.9 Å². The fourth-order valence-electron chi connectivity index (χ4n) is 3.98. The zero-order chi connectivity index (χ0) is 24.7. The molecule has 1 heterocycles. The smallest absolute Gasteiger partial charge is 0.339 e. The molecule has 0 atom stereocenters. The molecule has 9 nitrogen and oxygen atoms in total. The maximum Gasteiger partial charge on any atom is 0.339 e. The molecule has 0 bridgehead atoms. The van der Waals surface area contributed by atoms with E-state index in [0.29, 0.717) is 0 Å². The third-order valence-corrected chi connectivity index (χ3v) is 7.18. The van der Waals surface area contributed by atoms with Gasteiger partial charge in [-0.15, -0.1) is 0 Å². The topological polar surface area (TPSA) is 120 Å². The number of nitro benzene ring substituents is 1. The van der Waals surface area contributed by atoms with Crippen molar-refractivity contribution in [2.24, 2.45) is 0 Å². The highest BCUT2D eigenvalue weighted by molar-refractivity contribution is 7.87. The zero-order valence-electron chi connectivity index (χ0n) is 18.2. The number of halogens is 1. The quantitative estimate of drug-likeness (QED) is 0.192. The molecule has 178 valence electrons. The van der Waals surface area contributed by atoms with Crippen LogP contribution in [0, 0.1) is 10.1 Å². The monoisotopic (exact) mass is 511 g/mol. The Labute approximate surface area is 205 Å². The Morgan fingerprint density at radius 1 is 0.943 bits per heavy atom. The van der Waals surface area contributed by atoms with E-state index in [4.69, 9.17) is 20.5 Å². The van der Waals surface area contributed by atoms with Crippen LogP contribution in [0.2, 0.25) is 5.02 Å². The molecule has 0 saturated carbocycles. The van der Waals surface area contributed by atoms with Crippen LogP contribution < -0.4 is 19.6 Å². The van der Waals surface area contributed by atoms with E-state index < -0.39 is 25.6 Å². The molecule has 2 N–H and O–H groups in total. The van der Waals surface area contributed by atoms with Gasteiger partial charge in [0.2, 0.25) is 0 Å². The first-order valence-corrected chi connectivity index (χ1v) is 12.2. The second-order valence-corrected chi connectivity index (χ2v) is 9.70. The van der Waals surface area contributed by atoms with Gasteiger partial charge < -0.3 is 19.6 Å². The number of anilines is 2. The van der Waals surface area contributed by atoms with Crippen molar-refractivity contribution in [3.8, 4) is 11.5 Å². The lowest BCUT2D eigenvalue weighted by molar-refractivity contribution is -0.384. The number of hydrogen-bond donors (Lipinski definition) is 2. The van der Waals surface area contributed by atoms with Gasteiger partial charge in [0.1, 0.15) is 16.1 Å². The molecule has 0 aromatic heterocycles. The van der Waals surface area contributed by atoms with Gasteiger partial charge >= 0.3 is 10.1 Å². The lowest BCUT2D eigenvalue weighted by atomic mass is 10.0. The minimum Gasteiger partial charge on any atom is -0.493 e. The van der Waals surface area contributed by atoms with Crippen molar-refractivity contribution in [1.29, 1.82) is 0 Å². The Morgan fingerprint density at radius 3 is 2.26 bits per heavy atom. The van der Waals surface area contributed by atoms with Gasteiger partial charge in [-0.25, -0.2) is 0 Å². The zero-order valence-corrected chi connectivity index (χ0v) is 19.8. The van der Waals surface area contributed by atoms with Gasteiger partial charge in [-0.05, 0) is 47.3 Å². The molecule has 0 amide bonds. The van der Waals surface area contributed by atoms with E-state index in [1.807, 2.05) is 36.4 Å². The summed E-state index contributed by atoms with van der Waals surface area (Å²) < 4.78 is 36.3. The minimum absolute atomic E-state index is 0.0628. The molecule has 35 heavy (non-hydrogen) atoms. The van der Waals surface area contributed by atoms with Crippen LogP contribution in [-0.2, 0) is 10.1 Å². The molecule has 0 spiro atoms. The standard InChI is InChI=1S/C24H18ClN3O6S/c1-33-22-12-15(24-26-18-6-2-4-14-5-3-7-19(27-24)23(14)18)8-11-21(22)34-35(31,32)16-9-10-17(25)20(13-16)28(29)30/h2-13,24,26-27H,1H3. The van der Waals surface area contributed by atoms with Crippen LogP contribution in [0.15, 0.2) is 77.7 Å². The summed E-state index contributed by atoms with van der Waals surface area (Å²) in [6.45, 7) is 0. The van der Waals surface area contributed by atoms with E-state index in [-0.39, 0.29) is 22.7 Å². The van der Waals surface area contributed by atoms with Crippen molar-refractivity contribution < 1.29 is 22.3 Å². The Kier molecular flexibility index (Phi) is 5.62. The number of methoxy groups -OCH3 is 1. The molecule has 4 aromatic carbocycles. The van der Waals surface area contributed by atoms with Gasteiger partial charge in [0.25, 0.3) is 5.69 Å². The van der Waals surface area contributed by atoms with Gasteiger partial charge in [0.05, 0.1) is 12.0 Å². The largest absolute Gasteiger partial charge is 0.493 e. The van der Waals surface area contributed by atoms with Crippen molar-refractivity contribution in [1.82, 2.24) is 0 Å². The van der Waals surface area contributed by atoms with Gasteiger partial charge in [-0.3, -0.25) is 10.1 Å². The summed E-state index contributed by atoms with van der Waals surface area (Å²) in [5, 5.41) is 20.0. The highest BCUT2D eigenvalue weighted by Gasteiger charge is 2.25. The number of hydrogen-bond acceptors (Lipinski definition) is 8. The molecule has 11 heteroatoms. The minimum atomic E-state index is -4.40. The van der Waals surface area contributed by atoms with Crippen molar-refractivity contribution >= 4 is 49.6 Å². The third-order valence-electron chi connectivity index (χ3n) is 5.63. The van der Waals surface area contributed by atoms with Crippen LogP contribution in [0.4, 0.5) is 17.1 Å². The Morgan fingerprint density at radius 2 is 1.63 bits per heavy atom. The van der Waals surface area contributed by atoms with E-state index in [2.05, 4.69) is 10.6 Å². The Hall–Kier alpha value is -4.02. The van der Waals surface area contributed by atoms with E-state index in [9.17, 15) is 18.5 Å². The van der Waals surface area contributed by atoms with Gasteiger partial charge in [-0.1, -0.05) is 41.9 Å². The summed E-state index contributed by atoms with van der Waals surface area (Å²) in [4.78, 5) is 9.97. The molecule has 1 aliphatic heterocycles. The number of ether oxygens (including phenoxy) is 1. The first kappa shape index (κ1) is 22.8. The number of nitro groups is 1. The van der Waals surface area contributed by atoms with Crippen LogP contribution in [0.25, 0.3) is 10.8 Å². The number of benzene rings is 4. The number of rotatable bonds is 6. The van der Waals surface area contributed by atoms with Crippen molar-refractivity contribution in [3.05, 3.63) is 93.5 Å². The average Bonchev–Trinajstić information content (AvgIpc) is 2.84. The van der Waals surface area contributed by atoms with E-state index >= 15 is 0 Å². The van der Waals surface area contributed by atoms with Crippen LogP contribution >= 0.6 is 11.6 Å². The maximum absolute atomic E-state index is 12.8. The molecule has 1 aliphatic rings. The summed E-state index contributed by atoms with van der Waals surface area (Å²) >= 11 is 5.79. The van der Waals surface area contributed by atoms with Crippen molar-refractivity contribution in [2.45, 2.75) is 11.1 Å². The SMILES string of the molecule is COc1cc(C2Nc3cccc4cccc(c34)N2)ccc1OS(=O)(=O)c1ccc(Cl)c([N+](=O)[O-])c1. The lowest BCUT2D eigenvalue weighted by Gasteiger charge is -2.30. The summed E-state index contributed by atoms with van der Waals surface area (Å²) in [5.41, 5.74) is 2.17. The van der Waals surface area contributed by atoms with Gasteiger partial charge in [-0.2, -0.15) is 8.42 Å². The summed E-state index contributed by atoms with van der Waals surface area (Å²) in [5.74, 6) is 0.113. The Bertz CT molecular complexity index is 1550.